The molecule has 0 radical (unpaired) electrons. The van der Waals surface area contributed by atoms with Crippen molar-refractivity contribution in [3.8, 4) is 6.07 Å². The number of hydrogen-bond donors (Lipinski definition) is 2. The highest BCUT2D eigenvalue weighted by atomic mass is 35.5. The fraction of sp³-hybridized carbons (Fsp3) is 0.0526. The van der Waals surface area contributed by atoms with Crippen molar-refractivity contribution >= 4 is 39.7 Å². The van der Waals surface area contributed by atoms with Crippen LogP contribution in [0.3, 0.4) is 0 Å². The molecule has 3 aromatic carbocycles. The summed E-state index contributed by atoms with van der Waals surface area (Å²) in [6, 6.07) is 20.7. The largest absolute Gasteiger partial charge is 0.376 e. The van der Waals surface area contributed by atoms with Gasteiger partial charge in [0.2, 0.25) is 5.91 Å². The number of hydrogen-bond acceptors (Lipinski definition) is 3. The Bertz CT molecular complexity index is 941. The predicted octanol–water partition coefficient (Wildman–Crippen LogP) is 4.42. The number of anilines is 2. The highest BCUT2D eigenvalue weighted by Crippen LogP contribution is 2.23. The molecule has 0 aliphatic heterocycles. The van der Waals surface area contributed by atoms with Gasteiger partial charge in [0.1, 0.15) is 6.07 Å². The summed E-state index contributed by atoms with van der Waals surface area (Å²) in [5, 5.41) is 17.3. The third-order valence-electron chi connectivity index (χ3n) is 3.60. The van der Waals surface area contributed by atoms with Gasteiger partial charge in [-0.2, -0.15) is 5.26 Å². The Morgan fingerprint density at radius 1 is 1.08 bits per heavy atom. The minimum absolute atomic E-state index is 0.131. The van der Waals surface area contributed by atoms with Crippen LogP contribution >= 0.6 is 11.6 Å². The maximum Gasteiger partial charge on any atom is 0.243 e. The van der Waals surface area contributed by atoms with Crippen molar-refractivity contribution in [2.75, 3.05) is 17.2 Å². The van der Waals surface area contributed by atoms with Crippen LogP contribution in [0, 0.1) is 11.3 Å². The van der Waals surface area contributed by atoms with E-state index in [1.54, 1.807) is 18.2 Å². The van der Waals surface area contributed by atoms with Crippen LogP contribution in [0.25, 0.3) is 10.8 Å². The summed E-state index contributed by atoms with van der Waals surface area (Å²) in [6.45, 7) is 0.131. The Kier molecular flexibility index (Phi) is 4.64. The van der Waals surface area contributed by atoms with Crippen molar-refractivity contribution < 1.29 is 4.79 Å². The maximum absolute atomic E-state index is 12.1. The second-order valence-electron chi connectivity index (χ2n) is 5.23. The van der Waals surface area contributed by atoms with Crippen molar-refractivity contribution in [1.82, 2.24) is 0 Å². The summed E-state index contributed by atoms with van der Waals surface area (Å²) in [5.41, 5.74) is 1.84. The van der Waals surface area contributed by atoms with Crippen molar-refractivity contribution in [3.05, 3.63) is 71.2 Å². The van der Waals surface area contributed by atoms with Crippen LogP contribution in [0.4, 0.5) is 11.4 Å². The Balaban J connectivity index is 1.67. The first-order chi connectivity index (χ1) is 11.7. The third-order valence-corrected chi connectivity index (χ3v) is 3.92. The van der Waals surface area contributed by atoms with Gasteiger partial charge in [0.15, 0.2) is 0 Å². The van der Waals surface area contributed by atoms with Gasteiger partial charge in [-0.3, -0.25) is 4.79 Å². The number of carbonyl (C=O) groups excluding carboxylic acids is 1. The summed E-state index contributed by atoms with van der Waals surface area (Å²) in [5.74, 6) is -0.191. The highest BCUT2D eigenvalue weighted by Gasteiger charge is 2.06. The van der Waals surface area contributed by atoms with Crippen LogP contribution < -0.4 is 10.6 Å². The number of nitrogens with one attached hydrogen (secondary N) is 2. The first-order valence-corrected chi connectivity index (χ1v) is 7.76. The van der Waals surface area contributed by atoms with Crippen LogP contribution in [0.1, 0.15) is 5.56 Å². The number of halogens is 1. The number of carbonyl (C=O) groups is 1. The Morgan fingerprint density at radius 2 is 1.88 bits per heavy atom. The SMILES string of the molecule is N#Cc1ccc(NC(=O)CNc2cccc3ccccc23)cc1Cl. The van der Waals surface area contributed by atoms with Gasteiger partial charge in [0.05, 0.1) is 17.1 Å². The summed E-state index contributed by atoms with van der Waals surface area (Å²) in [4.78, 5) is 12.1. The van der Waals surface area contributed by atoms with E-state index in [1.807, 2.05) is 48.5 Å². The standard InChI is InChI=1S/C19H14ClN3O/c20-17-10-15(9-8-14(17)11-21)23-19(24)12-22-18-7-3-5-13-4-1-2-6-16(13)18/h1-10,22H,12H2,(H,23,24). The van der Waals surface area contributed by atoms with Gasteiger partial charge in [0, 0.05) is 16.8 Å². The van der Waals surface area contributed by atoms with E-state index in [0.717, 1.165) is 16.5 Å². The third kappa shape index (κ3) is 3.48. The van der Waals surface area contributed by atoms with Crippen molar-refractivity contribution in [3.63, 3.8) is 0 Å². The molecule has 0 aliphatic rings. The lowest BCUT2D eigenvalue weighted by atomic mass is 10.1. The molecule has 4 nitrogen and oxygen atoms in total. The zero-order valence-corrected chi connectivity index (χ0v) is 13.5. The quantitative estimate of drug-likeness (QED) is 0.742. The molecule has 0 saturated carbocycles. The lowest BCUT2D eigenvalue weighted by Crippen LogP contribution is -2.21. The van der Waals surface area contributed by atoms with E-state index >= 15 is 0 Å². The Hall–Kier alpha value is -3.03. The summed E-state index contributed by atoms with van der Waals surface area (Å²) in [6.07, 6.45) is 0. The number of fused-ring (bicyclic) bond motifs is 1. The highest BCUT2D eigenvalue weighted by molar-refractivity contribution is 6.32. The maximum atomic E-state index is 12.1. The van der Waals surface area contributed by atoms with Crippen molar-refractivity contribution in [1.29, 1.82) is 5.26 Å². The molecule has 118 valence electrons. The lowest BCUT2D eigenvalue weighted by molar-refractivity contribution is -0.114. The minimum Gasteiger partial charge on any atom is -0.376 e. The molecule has 0 bridgehead atoms. The smallest absolute Gasteiger partial charge is 0.243 e. The van der Waals surface area contributed by atoms with Crippen molar-refractivity contribution in [2.45, 2.75) is 0 Å². The first-order valence-electron chi connectivity index (χ1n) is 7.38. The van der Waals surface area contributed by atoms with E-state index in [-0.39, 0.29) is 12.5 Å². The van der Waals surface area contributed by atoms with E-state index in [9.17, 15) is 4.79 Å². The number of nitriles is 1. The summed E-state index contributed by atoms with van der Waals surface area (Å²) >= 11 is 5.96. The molecule has 5 heteroatoms. The average molecular weight is 336 g/mol. The van der Waals surface area contributed by atoms with E-state index in [2.05, 4.69) is 10.6 Å². The van der Waals surface area contributed by atoms with Gasteiger partial charge in [-0.15, -0.1) is 0 Å². The normalized spacial score (nSPS) is 10.2. The van der Waals surface area contributed by atoms with Crippen LogP contribution in [-0.2, 0) is 4.79 Å². The van der Waals surface area contributed by atoms with E-state index in [4.69, 9.17) is 16.9 Å². The van der Waals surface area contributed by atoms with E-state index < -0.39 is 0 Å². The molecule has 0 saturated heterocycles. The molecule has 0 unspecified atom stereocenters. The van der Waals surface area contributed by atoms with Crippen molar-refractivity contribution in [2.24, 2.45) is 0 Å². The first kappa shape index (κ1) is 15.9. The monoisotopic (exact) mass is 335 g/mol. The van der Waals surface area contributed by atoms with Gasteiger partial charge < -0.3 is 10.6 Å². The lowest BCUT2D eigenvalue weighted by Gasteiger charge is -2.10. The average Bonchev–Trinajstić information content (AvgIpc) is 2.60. The number of rotatable bonds is 4. The van der Waals surface area contributed by atoms with Gasteiger partial charge in [-0.05, 0) is 29.7 Å². The molecule has 0 atom stereocenters. The van der Waals surface area contributed by atoms with Crippen LogP contribution in [0.15, 0.2) is 60.7 Å². The second kappa shape index (κ2) is 7.03. The number of nitrogens with zero attached hydrogens (tertiary/aromatic N) is 1. The minimum atomic E-state index is -0.191. The molecule has 3 aromatic rings. The molecule has 3 rings (SSSR count). The fourth-order valence-corrected chi connectivity index (χ4v) is 2.67. The van der Waals surface area contributed by atoms with Gasteiger partial charge in [-0.25, -0.2) is 0 Å². The number of benzene rings is 3. The van der Waals surface area contributed by atoms with Gasteiger partial charge in [0.25, 0.3) is 0 Å². The molecule has 1 amide bonds. The second-order valence-corrected chi connectivity index (χ2v) is 5.64. The zero-order chi connectivity index (χ0) is 16.9. The molecule has 0 aliphatic carbocycles. The van der Waals surface area contributed by atoms with E-state index in [1.165, 1.54) is 0 Å². The van der Waals surface area contributed by atoms with Crippen LogP contribution in [-0.4, -0.2) is 12.5 Å². The molecular formula is C19H14ClN3O. The zero-order valence-electron chi connectivity index (χ0n) is 12.7. The van der Waals surface area contributed by atoms with Crippen LogP contribution in [0.2, 0.25) is 5.02 Å². The number of amides is 1. The van der Waals surface area contributed by atoms with Gasteiger partial charge >= 0.3 is 0 Å². The molecule has 0 spiro atoms. The molecule has 0 aromatic heterocycles. The predicted molar refractivity (Wildman–Crippen MR) is 97.2 cm³/mol. The Labute approximate surface area is 144 Å². The molecule has 24 heavy (non-hydrogen) atoms. The molecular weight excluding hydrogens is 322 g/mol. The fourth-order valence-electron chi connectivity index (χ4n) is 2.44. The van der Waals surface area contributed by atoms with E-state index in [0.29, 0.717) is 16.3 Å². The summed E-state index contributed by atoms with van der Waals surface area (Å²) < 4.78 is 0. The van der Waals surface area contributed by atoms with Gasteiger partial charge in [-0.1, -0.05) is 48.0 Å². The Morgan fingerprint density at radius 3 is 2.67 bits per heavy atom. The summed E-state index contributed by atoms with van der Waals surface area (Å²) in [7, 11) is 0. The molecule has 0 fully saturated rings. The molecule has 2 N–H and O–H groups in total. The molecule has 0 heterocycles. The van der Waals surface area contributed by atoms with Crippen LogP contribution in [0.5, 0.6) is 0 Å². The topological polar surface area (TPSA) is 64.9 Å².